The molecule has 4 heteroatoms. The highest BCUT2D eigenvalue weighted by atomic mass is 35.5. The van der Waals surface area contributed by atoms with Gasteiger partial charge in [0.1, 0.15) is 0 Å². The van der Waals surface area contributed by atoms with Gasteiger partial charge in [0.25, 0.3) is 0 Å². The third kappa shape index (κ3) is 5.20. The van der Waals surface area contributed by atoms with Crippen molar-refractivity contribution in [3.63, 3.8) is 0 Å². The van der Waals surface area contributed by atoms with Crippen LogP contribution in [0.25, 0.3) is 0 Å². The SMILES string of the molecule is CC(C(=O)NCCOCCCl)c1ccccc1. The third-order valence-electron chi connectivity index (χ3n) is 2.46. The second-order valence-corrected chi connectivity index (χ2v) is 4.10. The molecule has 1 aromatic carbocycles. The summed E-state index contributed by atoms with van der Waals surface area (Å²) >= 11 is 5.46. The average molecular weight is 256 g/mol. The number of hydrogen-bond acceptors (Lipinski definition) is 2. The molecule has 94 valence electrons. The first-order chi connectivity index (χ1) is 8.25. The summed E-state index contributed by atoms with van der Waals surface area (Å²) in [4.78, 5) is 11.8. The van der Waals surface area contributed by atoms with Gasteiger partial charge in [-0.15, -0.1) is 11.6 Å². The van der Waals surface area contributed by atoms with Gasteiger partial charge in [-0.2, -0.15) is 0 Å². The number of ether oxygens (including phenoxy) is 1. The van der Waals surface area contributed by atoms with E-state index in [4.69, 9.17) is 16.3 Å². The normalized spacial score (nSPS) is 12.1. The zero-order chi connectivity index (χ0) is 12.5. The lowest BCUT2D eigenvalue weighted by Gasteiger charge is -2.12. The summed E-state index contributed by atoms with van der Waals surface area (Å²) in [7, 11) is 0. The summed E-state index contributed by atoms with van der Waals surface area (Å²) in [5.74, 6) is 0.365. The Kier molecular flexibility index (Phi) is 6.67. The zero-order valence-electron chi connectivity index (χ0n) is 9.99. The number of carbonyl (C=O) groups is 1. The number of nitrogens with one attached hydrogen (secondary N) is 1. The van der Waals surface area contributed by atoms with E-state index in [1.807, 2.05) is 37.3 Å². The Balaban J connectivity index is 2.28. The van der Waals surface area contributed by atoms with E-state index in [9.17, 15) is 4.79 Å². The summed E-state index contributed by atoms with van der Waals surface area (Å²) in [5, 5.41) is 2.83. The van der Waals surface area contributed by atoms with E-state index in [0.29, 0.717) is 25.6 Å². The van der Waals surface area contributed by atoms with Crippen molar-refractivity contribution in [1.29, 1.82) is 0 Å². The number of hydrogen-bond donors (Lipinski definition) is 1. The van der Waals surface area contributed by atoms with Crippen molar-refractivity contribution >= 4 is 17.5 Å². The Hall–Kier alpha value is -1.06. The lowest BCUT2D eigenvalue weighted by molar-refractivity contribution is -0.122. The van der Waals surface area contributed by atoms with E-state index in [1.54, 1.807) is 0 Å². The van der Waals surface area contributed by atoms with Gasteiger partial charge in [-0.25, -0.2) is 0 Å². The molecule has 1 unspecified atom stereocenters. The van der Waals surface area contributed by atoms with Crippen molar-refractivity contribution in [1.82, 2.24) is 5.32 Å². The predicted molar refractivity (Wildman–Crippen MR) is 69.4 cm³/mol. The van der Waals surface area contributed by atoms with Crippen LogP contribution in [-0.2, 0) is 9.53 Å². The lowest BCUT2D eigenvalue weighted by Crippen LogP contribution is -2.31. The van der Waals surface area contributed by atoms with Gasteiger partial charge in [0, 0.05) is 12.4 Å². The van der Waals surface area contributed by atoms with Crippen LogP contribution in [-0.4, -0.2) is 31.5 Å². The standard InChI is InChI=1S/C13H18ClNO2/c1-11(12-5-3-2-4-6-12)13(16)15-8-10-17-9-7-14/h2-6,11H,7-10H2,1H3,(H,15,16). The Morgan fingerprint density at radius 1 is 1.35 bits per heavy atom. The monoisotopic (exact) mass is 255 g/mol. The fraction of sp³-hybridized carbons (Fsp3) is 0.462. The van der Waals surface area contributed by atoms with Crippen molar-refractivity contribution in [2.45, 2.75) is 12.8 Å². The Morgan fingerprint density at radius 2 is 2.06 bits per heavy atom. The molecule has 0 saturated heterocycles. The van der Waals surface area contributed by atoms with Crippen LogP contribution in [0.1, 0.15) is 18.4 Å². The van der Waals surface area contributed by atoms with Gasteiger partial charge >= 0.3 is 0 Å². The van der Waals surface area contributed by atoms with E-state index in [2.05, 4.69) is 5.32 Å². The van der Waals surface area contributed by atoms with Gasteiger partial charge in [-0.05, 0) is 12.5 Å². The highest BCUT2D eigenvalue weighted by Crippen LogP contribution is 2.13. The number of benzene rings is 1. The fourth-order valence-electron chi connectivity index (χ4n) is 1.45. The minimum atomic E-state index is -0.135. The van der Waals surface area contributed by atoms with Gasteiger partial charge in [0.2, 0.25) is 5.91 Å². The molecule has 1 amide bonds. The summed E-state index contributed by atoms with van der Waals surface area (Å²) < 4.78 is 5.17. The third-order valence-corrected chi connectivity index (χ3v) is 2.61. The van der Waals surface area contributed by atoms with Crippen molar-refractivity contribution in [2.24, 2.45) is 0 Å². The molecule has 0 bridgehead atoms. The van der Waals surface area contributed by atoms with Gasteiger partial charge in [-0.3, -0.25) is 4.79 Å². The summed E-state index contributed by atoms with van der Waals surface area (Å²) in [6.07, 6.45) is 0. The Bertz CT molecular complexity index is 329. The molecule has 0 aliphatic rings. The quantitative estimate of drug-likeness (QED) is 0.599. The Morgan fingerprint density at radius 3 is 2.71 bits per heavy atom. The van der Waals surface area contributed by atoms with Gasteiger partial charge < -0.3 is 10.1 Å². The maximum atomic E-state index is 11.8. The number of alkyl halides is 1. The van der Waals surface area contributed by atoms with Gasteiger partial charge in [-0.1, -0.05) is 30.3 Å². The molecule has 0 spiro atoms. The molecule has 0 heterocycles. The number of amides is 1. The highest BCUT2D eigenvalue weighted by Gasteiger charge is 2.13. The molecular formula is C13H18ClNO2. The van der Waals surface area contributed by atoms with Crippen LogP contribution in [0.5, 0.6) is 0 Å². The molecule has 0 aromatic heterocycles. The molecule has 0 aliphatic heterocycles. The second kappa shape index (κ2) is 8.09. The molecule has 0 radical (unpaired) electrons. The van der Waals surface area contributed by atoms with Crippen molar-refractivity contribution in [3.05, 3.63) is 35.9 Å². The first-order valence-corrected chi connectivity index (χ1v) is 6.25. The number of halogens is 1. The molecule has 17 heavy (non-hydrogen) atoms. The molecule has 0 fully saturated rings. The first-order valence-electron chi connectivity index (χ1n) is 5.72. The smallest absolute Gasteiger partial charge is 0.227 e. The van der Waals surface area contributed by atoms with E-state index >= 15 is 0 Å². The maximum absolute atomic E-state index is 11.8. The van der Waals surface area contributed by atoms with E-state index in [1.165, 1.54) is 0 Å². The molecular weight excluding hydrogens is 238 g/mol. The van der Waals surface area contributed by atoms with Crippen LogP contribution >= 0.6 is 11.6 Å². The average Bonchev–Trinajstić information content (AvgIpc) is 2.38. The highest BCUT2D eigenvalue weighted by molar-refractivity contribution is 6.17. The van der Waals surface area contributed by atoms with Crippen LogP contribution in [0.15, 0.2) is 30.3 Å². The van der Waals surface area contributed by atoms with Crippen LogP contribution < -0.4 is 5.32 Å². The summed E-state index contributed by atoms with van der Waals surface area (Å²) in [6.45, 7) is 3.43. The van der Waals surface area contributed by atoms with Crippen LogP contribution in [0.2, 0.25) is 0 Å². The van der Waals surface area contributed by atoms with Crippen molar-refractivity contribution < 1.29 is 9.53 Å². The van der Waals surface area contributed by atoms with Gasteiger partial charge in [0.05, 0.1) is 19.1 Å². The van der Waals surface area contributed by atoms with E-state index in [0.717, 1.165) is 5.56 Å². The largest absolute Gasteiger partial charge is 0.378 e. The van der Waals surface area contributed by atoms with Crippen molar-refractivity contribution in [3.8, 4) is 0 Å². The molecule has 1 N–H and O–H groups in total. The lowest BCUT2D eigenvalue weighted by atomic mass is 10.0. The molecule has 3 nitrogen and oxygen atoms in total. The molecule has 0 saturated carbocycles. The van der Waals surface area contributed by atoms with Crippen LogP contribution in [0.3, 0.4) is 0 Å². The molecule has 1 rings (SSSR count). The molecule has 0 aliphatic carbocycles. The Labute approximate surface area is 107 Å². The minimum Gasteiger partial charge on any atom is -0.378 e. The maximum Gasteiger partial charge on any atom is 0.227 e. The van der Waals surface area contributed by atoms with Crippen LogP contribution in [0, 0.1) is 0 Å². The second-order valence-electron chi connectivity index (χ2n) is 3.72. The van der Waals surface area contributed by atoms with Crippen LogP contribution in [0.4, 0.5) is 0 Å². The van der Waals surface area contributed by atoms with Crippen molar-refractivity contribution in [2.75, 3.05) is 25.6 Å². The number of rotatable bonds is 7. The van der Waals surface area contributed by atoms with Gasteiger partial charge in [0.15, 0.2) is 0 Å². The number of carbonyl (C=O) groups excluding carboxylic acids is 1. The minimum absolute atomic E-state index is 0.0191. The predicted octanol–water partition coefficient (Wildman–Crippen LogP) is 2.16. The topological polar surface area (TPSA) is 38.3 Å². The molecule has 1 atom stereocenters. The van der Waals surface area contributed by atoms with E-state index < -0.39 is 0 Å². The molecule has 1 aromatic rings. The fourth-order valence-corrected chi connectivity index (χ4v) is 1.56. The zero-order valence-corrected chi connectivity index (χ0v) is 10.7. The summed E-state index contributed by atoms with van der Waals surface area (Å²) in [5.41, 5.74) is 1.02. The summed E-state index contributed by atoms with van der Waals surface area (Å²) in [6, 6.07) is 9.71. The van der Waals surface area contributed by atoms with E-state index in [-0.39, 0.29) is 11.8 Å². The first kappa shape index (κ1) is 14.0.